The zero-order chi connectivity index (χ0) is 21.2. The number of aliphatic imine (C=N–C) groups is 1. The summed E-state index contributed by atoms with van der Waals surface area (Å²) in [6, 6.07) is 11.1. The van der Waals surface area contributed by atoms with E-state index >= 15 is 0 Å². The predicted octanol–water partition coefficient (Wildman–Crippen LogP) is 2.58. The standard InChI is InChI=1S/C22H30FN5O2/c1-3-24-22(26-15-17-6-8-19(9-7-17)30-14-13-29-2)27-18-10-12-28(16-18)21-20(23)5-4-11-25-21/h4-9,11,18H,3,10,12-16H2,1-2H3,(H2,24,26,27). The van der Waals surface area contributed by atoms with Crippen molar-refractivity contribution in [2.24, 2.45) is 4.99 Å². The lowest BCUT2D eigenvalue weighted by molar-refractivity contribution is 0.146. The van der Waals surface area contributed by atoms with E-state index in [2.05, 4.69) is 15.6 Å². The third-order valence-corrected chi connectivity index (χ3v) is 4.81. The van der Waals surface area contributed by atoms with Crippen LogP contribution in [0.25, 0.3) is 0 Å². The highest BCUT2D eigenvalue weighted by atomic mass is 19.1. The number of rotatable bonds is 9. The van der Waals surface area contributed by atoms with Gasteiger partial charge in [0, 0.05) is 39.0 Å². The van der Waals surface area contributed by atoms with Crippen LogP contribution in [0.1, 0.15) is 18.9 Å². The molecule has 1 atom stereocenters. The van der Waals surface area contributed by atoms with Crippen molar-refractivity contribution in [2.45, 2.75) is 25.9 Å². The minimum Gasteiger partial charge on any atom is -0.491 e. The first kappa shape index (κ1) is 21.8. The van der Waals surface area contributed by atoms with Crippen LogP contribution in [-0.2, 0) is 11.3 Å². The second kappa shape index (κ2) is 11.3. The monoisotopic (exact) mass is 415 g/mol. The molecule has 1 aromatic carbocycles. The van der Waals surface area contributed by atoms with Gasteiger partial charge in [0.1, 0.15) is 12.4 Å². The first-order valence-corrected chi connectivity index (χ1v) is 10.3. The van der Waals surface area contributed by atoms with Gasteiger partial charge in [-0.25, -0.2) is 14.4 Å². The molecule has 1 aliphatic rings. The van der Waals surface area contributed by atoms with Gasteiger partial charge in [0.2, 0.25) is 0 Å². The topological polar surface area (TPSA) is 71.0 Å². The van der Waals surface area contributed by atoms with Crippen molar-refractivity contribution in [3.63, 3.8) is 0 Å². The Hall–Kier alpha value is -2.87. The molecular weight excluding hydrogens is 385 g/mol. The Kier molecular flexibility index (Phi) is 8.26. The maximum atomic E-state index is 14.0. The first-order chi connectivity index (χ1) is 14.7. The lowest BCUT2D eigenvalue weighted by Crippen LogP contribution is -2.44. The van der Waals surface area contributed by atoms with Crippen LogP contribution in [0.15, 0.2) is 47.6 Å². The number of nitrogens with one attached hydrogen (secondary N) is 2. The molecule has 1 unspecified atom stereocenters. The summed E-state index contributed by atoms with van der Waals surface area (Å²) in [6.07, 6.45) is 2.52. The summed E-state index contributed by atoms with van der Waals surface area (Å²) < 4.78 is 24.6. The van der Waals surface area contributed by atoms with E-state index < -0.39 is 0 Å². The number of methoxy groups -OCH3 is 1. The zero-order valence-electron chi connectivity index (χ0n) is 17.6. The number of hydrogen-bond acceptors (Lipinski definition) is 5. The van der Waals surface area contributed by atoms with Crippen molar-refractivity contribution in [1.29, 1.82) is 0 Å². The van der Waals surface area contributed by atoms with Crippen molar-refractivity contribution in [2.75, 3.05) is 44.9 Å². The first-order valence-electron chi connectivity index (χ1n) is 10.3. The minimum absolute atomic E-state index is 0.181. The molecule has 0 saturated carbocycles. The minimum atomic E-state index is -0.284. The molecule has 0 bridgehead atoms. The average molecular weight is 416 g/mol. The number of halogens is 1. The number of benzene rings is 1. The molecule has 0 spiro atoms. The van der Waals surface area contributed by atoms with Crippen LogP contribution in [0, 0.1) is 5.82 Å². The molecule has 1 saturated heterocycles. The SMILES string of the molecule is CCNC(=NCc1ccc(OCCOC)cc1)NC1CCN(c2ncccc2F)C1. The fourth-order valence-electron chi connectivity index (χ4n) is 3.30. The van der Waals surface area contributed by atoms with E-state index in [4.69, 9.17) is 14.5 Å². The summed E-state index contributed by atoms with van der Waals surface area (Å²) in [7, 11) is 1.65. The molecule has 30 heavy (non-hydrogen) atoms. The van der Waals surface area contributed by atoms with Gasteiger partial charge in [-0.05, 0) is 43.2 Å². The number of anilines is 1. The Morgan fingerprint density at radius 1 is 1.27 bits per heavy atom. The van der Waals surface area contributed by atoms with Crippen LogP contribution in [0.3, 0.4) is 0 Å². The summed E-state index contributed by atoms with van der Waals surface area (Å²) in [5, 5.41) is 6.74. The normalized spacial score (nSPS) is 16.6. The molecule has 1 fully saturated rings. The molecule has 3 rings (SSSR count). The Morgan fingerprint density at radius 3 is 2.83 bits per heavy atom. The number of hydrogen-bond donors (Lipinski definition) is 2. The lowest BCUT2D eigenvalue weighted by Gasteiger charge is -2.20. The molecular formula is C22H30FN5O2. The van der Waals surface area contributed by atoms with E-state index in [0.717, 1.165) is 36.8 Å². The van der Waals surface area contributed by atoms with Gasteiger partial charge in [0.25, 0.3) is 0 Å². The van der Waals surface area contributed by atoms with Crippen LogP contribution in [0.5, 0.6) is 5.75 Å². The van der Waals surface area contributed by atoms with Crippen molar-refractivity contribution in [3.8, 4) is 5.75 Å². The van der Waals surface area contributed by atoms with E-state index in [1.807, 2.05) is 36.1 Å². The maximum Gasteiger partial charge on any atom is 0.191 e. The molecule has 8 heteroatoms. The second-order valence-electron chi connectivity index (χ2n) is 7.07. The van der Waals surface area contributed by atoms with Gasteiger partial charge in [0.05, 0.1) is 13.2 Å². The van der Waals surface area contributed by atoms with Gasteiger partial charge in [0.15, 0.2) is 17.6 Å². The van der Waals surface area contributed by atoms with E-state index in [0.29, 0.717) is 32.1 Å². The number of aromatic nitrogens is 1. The number of pyridine rings is 1. The Labute approximate surface area is 177 Å². The predicted molar refractivity (Wildman–Crippen MR) is 117 cm³/mol. The number of guanidine groups is 1. The smallest absolute Gasteiger partial charge is 0.191 e. The van der Waals surface area contributed by atoms with E-state index in [9.17, 15) is 4.39 Å². The van der Waals surface area contributed by atoms with E-state index in [1.165, 1.54) is 6.07 Å². The van der Waals surface area contributed by atoms with Gasteiger partial charge in [-0.2, -0.15) is 0 Å². The molecule has 2 heterocycles. The summed E-state index contributed by atoms with van der Waals surface area (Å²) in [4.78, 5) is 10.8. The maximum absolute atomic E-state index is 14.0. The molecule has 0 radical (unpaired) electrons. The molecule has 0 aliphatic carbocycles. The average Bonchev–Trinajstić information content (AvgIpc) is 3.22. The summed E-state index contributed by atoms with van der Waals surface area (Å²) >= 11 is 0. The third kappa shape index (κ3) is 6.32. The quantitative estimate of drug-likeness (QED) is 0.373. The third-order valence-electron chi connectivity index (χ3n) is 4.81. The molecule has 162 valence electrons. The Morgan fingerprint density at radius 2 is 2.10 bits per heavy atom. The second-order valence-corrected chi connectivity index (χ2v) is 7.07. The summed E-state index contributed by atoms with van der Waals surface area (Å²) in [5.41, 5.74) is 1.09. The van der Waals surface area contributed by atoms with Gasteiger partial charge in [-0.15, -0.1) is 0 Å². The molecule has 7 nitrogen and oxygen atoms in total. The van der Waals surface area contributed by atoms with Crippen LogP contribution in [0.2, 0.25) is 0 Å². The molecule has 2 aromatic rings. The molecule has 1 aliphatic heterocycles. The van der Waals surface area contributed by atoms with Gasteiger partial charge >= 0.3 is 0 Å². The Balaban J connectivity index is 1.54. The summed E-state index contributed by atoms with van der Waals surface area (Å²) in [6.45, 7) is 5.90. The van der Waals surface area contributed by atoms with Gasteiger partial charge in [-0.1, -0.05) is 12.1 Å². The molecule has 0 amide bonds. The van der Waals surface area contributed by atoms with Crippen molar-refractivity contribution >= 4 is 11.8 Å². The van der Waals surface area contributed by atoms with Crippen molar-refractivity contribution in [3.05, 3.63) is 54.0 Å². The molecule has 2 N–H and O–H groups in total. The highest BCUT2D eigenvalue weighted by molar-refractivity contribution is 5.80. The van der Waals surface area contributed by atoms with Crippen LogP contribution in [-0.4, -0.2) is 56.9 Å². The zero-order valence-corrected chi connectivity index (χ0v) is 17.6. The highest BCUT2D eigenvalue weighted by Crippen LogP contribution is 2.20. The van der Waals surface area contributed by atoms with Crippen molar-refractivity contribution < 1.29 is 13.9 Å². The highest BCUT2D eigenvalue weighted by Gasteiger charge is 2.25. The lowest BCUT2D eigenvalue weighted by atomic mass is 10.2. The van der Waals surface area contributed by atoms with Gasteiger partial charge < -0.3 is 25.0 Å². The Bertz CT molecular complexity index is 815. The van der Waals surface area contributed by atoms with E-state index in [-0.39, 0.29) is 11.9 Å². The fourth-order valence-corrected chi connectivity index (χ4v) is 3.30. The molecule has 1 aromatic heterocycles. The van der Waals surface area contributed by atoms with Crippen LogP contribution >= 0.6 is 0 Å². The van der Waals surface area contributed by atoms with Gasteiger partial charge in [-0.3, -0.25) is 0 Å². The largest absolute Gasteiger partial charge is 0.491 e. The van der Waals surface area contributed by atoms with E-state index in [1.54, 1.807) is 19.4 Å². The summed E-state index contributed by atoms with van der Waals surface area (Å²) in [5.74, 6) is 1.70. The van der Waals surface area contributed by atoms with Crippen LogP contribution < -0.4 is 20.3 Å². The number of nitrogens with zero attached hydrogens (tertiary/aromatic N) is 3. The fraction of sp³-hybridized carbons (Fsp3) is 0.455. The van der Waals surface area contributed by atoms with Crippen LogP contribution in [0.4, 0.5) is 10.2 Å². The van der Waals surface area contributed by atoms with Crippen molar-refractivity contribution in [1.82, 2.24) is 15.6 Å². The number of ether oxygens (including phenoxy) is 2.